The second kappa shape index (κ2) is 6.60. The highest BCUT2D eigenvalue weighted by Gasteiger charge is 2.57. The minimum absolute atomic E-state index is 0.284. The zero-order valence-corrected chi connectivity index (χ0v) is 12.8. The van der Waals surface area contributed by atoms with Gasteiger partial charge in [0, 0.05) is 19.6 Å². The lowest BCUT2D eigenvalue weighted by atomic mass is 10.2. The average Bonchev–Trinajstić information content (AvgIpc) is 3.32. The van der Waals surface area contributed by atoms with Gasteiger partial charge in [-0.1, -0.05) is 12.8 Å². The monoisotopic (exact) mass is 323 g/mol. The molecule has 0 amide bonds. The maximum Gasteiger partial charge on any atom is 0.418 e. The molecule has 3 aliphatic rings. The largest absolute Gasteiger partial charge is 0.418 e. The second-order valence-corrected chi connectivity index (χ2v) is 6.32. The molecule has 3 fully saturated rings. The van der Waals surface area contributed by atoms with Crippen LogP contribution in [-0.4, -0.2) is 74.0 Å². The maximum atomic E-state index is 12.2. The molecule has 0 aromatic rings. The molecule has 3 aliphatic heterocycles. The van der Waals surface area contributed by atoms with Gasteiger partial charge >= 0.3 is 6.18 Å². The predicted molar refractivity (Wildman–Crippen MR) is 74.1 cm³/mol. The number of piperazine rings is 1. The summed E-state index contributed by atoms with van der Waals surface area (Å²) >= 11 is 0. The number of unbranched alkanes of at least 4 members (excludes halogenated alkanes) is 3. The van der Waals surface area contributed by atoms with Crippen LogP contribution in [0.2, 0.25) is 0 Å². The van der Waals surface area contributed by atoms with E-state index < -0.39 is 18.5 Å². The second-order valence-electron chi connectivity index (χ2n) is 6.32. The fourth-order valence-corrected chi connectivity index (χ4v) is 3.02. The molecule has 0 radical (unpaired) electrons. The summed E-state index contributed by atoms with van der Waals surface area (Å²) in [6.45, 7) is 3.73. The first kappa shape index (κ1) is 16.4. The third-order valence-electron chi connectivity index (χ3n) is 4.51. The van der Waals surface area contributed by atoms with Crippen LogP contribution in [-0.2, 0) is 9.47 Å². The van der Waals surface area contributed by atoms with Crippen molar-refractivity contribution in [1.29, 1.82) is 0 Å². The van der Waals surface area contributed by atoms with Gasteiger partial charge in [-0.3, -0.25) is 15.1 Å². The van der Waals surface area contributed by atoms with E-state index >= 15 is 0 Å². The number of rotatable bonds is 8. The van der Waals surface area contributed by atoms with Crippen LogP contribution >= 0.6 is 0 Å². The van der Waals surface area contributed by atoms with E-state index in [2.05, 4.69) is 26.9 Å². The van der Waals surface area contributed by atoms with E-state index in [1.165, 1.54) is 0 Å². The van der Waals surface area contributed by atoms with Crippen molar-refractivity contribution in [3.8, 4) is 0 Å². The maximum absolute atomic E-state index is 12.2. The van der Waals surface area contributed by atoms with Gasteiger partial charge in [-0.25, -0.2) is 0 Å². The van der Waals surface area contributed by atoms with Crippen molar-refractivity contribution >= 4 is 0 Å². The smallest absolute Gasteiger partial charge is 0.343 e. The summed E-state index contributed by atoms with van der Waals surface area (Å²) in [6.07, 6.45) is -1.96. The van der Waals surface area contributed by atoms with Gasteiger partial charge in [0.2, 0.25) is 0 Å². The molecule has 0 aromatic heterocycles. The number of likely N-dealkylation sites (N-methyl/N-ethyl adjacent to an activating group) is 1. The van der Waals surface area contributed by atoms with E-state index in [1.54, 1.807) is 0 Å². The van der Waals surface area contributed by atoms with E-state index in [0.29, 0.717) is 6.54 Å². The van der Waals surface area contributed by atoms with Crippen molar-refractivity contribution < 1.29 is 22.6 Å². The number of nitrogens with one attached hydrogen (secondary N) is 1. The molecule has 4 unspecified atom stereocenters. The molecular formula is C14H24F3N3O2. The van der Waals surface area contributed by atoms with E-state index in [4.69, 9.17) is 4.74 Å². The van der Waals surface area contributed by atoms with Gasteiger partial charge in [0.1, 0.15) is 6.23 Å². The van der Waals surface area contributed by atoms with Crippen molar-refractivity contribution in [2.45, 2.75) is 56.6 Å². The first-order chi connectivity index (χ1) is 10.5. The van der Waals surface area contributed by atoms with Crippen LogP contribution in [0.5, 0.6) is 0 Å². The molecule has 128 valence electrons. The summed E-state index contributed by atoms with van der Waals surface area (Å²) in [6, 6.07) is 0. The van der Waals surface area contributed by atoms with Gasteiger partial charge in [-0.05, 0) is 26.4 Å². The lowest BCUT2D eigenvalue weighted by Gasteiger charge is -2.28. The Bertz CT molecular complexity index is 383. The minimum Gasteiger partial charge on any atom is -0.343 e. The molecule has 0 aromatic carbocycles. The number of nitrogens with zero attached hydrogens (tertiary/aromatic N) is 2. The topological polar surface area (TPSA) is 43.6 Å². The Morgan fingerprint density at radius 3 is 2.55 bits per heavy atom. The van der Waals surface area contributed by atoms with E-state index in [0.717, 1.165) is 45.3 Å². The Kier molecular flexibility index (Phi) is 4.94. The van der Waals surface area contributed by atoms with Gasteiger partial charge in [0.15, 0.2) is 18.6 Å². The lowest BCUT2D eigenvalue weighted by Crippen LogP contribution is -2.44. The number of hydrogen-bond donors (Lipinski definition) is 1. The minimum atomic E-state index is -4.23. The number of epoxide rings is 2. The van der Waals surface area contributed by atoms with Crippen molar-refractivity contribution in [2.24, 2.45) is 0 Å². The Balaban J connectivity index is 1.16. The van der Waals surface area contributed by atoms with E-state index in [-0.39, 0.29) is 12.5 Å². The van der Waals surface area contributed by atoms with Crippen LogP contribution in [0.15, 0.2) is 0 Å². The van der Waals surface area contributed by atoms with Gasteiger partial charge < -0.3 is 9.47 Å². The van der Waals surface area contributed by atoms with Crippen LogP contribution in [0.4, 0.5) is 13.2 Å². The standard InChI is InChI=1S/C14H24F3N3O2/c1-19-8-9-20(13-12(19)22-13)7-5-3-2-4-6-18-11-10(21-11)14(15,16)17/h10-13,18H,2-9H2,1H3. The summed E-state index contributed by atoms with van der Waals surface area (Å²) in [5.74, 6) is 0. The van der Waals surface area contributed by atoms with E-state index in [9.17, 15) is 13.2 Å². The zero-order chi connectivity index (χ0) is 15.7. The Morgan fingerprint density at radius 1 is 1.05 bits per heavy atom. The fourth-order valence-electron chi connectivity index (χ4n) is 3.02. The van der Waals surface area contributed by atoms with Crippen molar-refractivity contribution in [3.05, 3.63) is 0 Å². The molecule has 0 saturated carbocycles. The number of alkyl halides is 3. The van der Waals surface area contributed by atoms with E-state index in [1.807, 2.05) is 0 Å². The molecule has 1 N–H and O–H groups in total. The average molecular weight is 323 g/mol. The number of hydrogen-bond acceptors (Lipinski definition) is 5. The molecule has 0 bridgehead atoms. The first-order valence-electron chi connectivity index (χ1n) is 8.02. The molecule has 5 nitrogen and oxygen atoms in total. The van der Waals surface area contributed by atoms with Crippen LogP contribution < -0.4 is 5.32 Å². The molecule has 0 aliphatic carbocycles. The Labute approximate surface area is 128 Å². The number of fused-ring (bicyclic) bond motifs is 1. The fraction of sp³-hybridized carbons (Fsp3) is 1.00. The quantitative estimate of drug-likeness (QED) is 0.540. The molecule has 3 heterocycles. The first-order valence-corrected chi connectivity index (χ1v) is 8.02. The Hall–Kier alpha value is -0.410. The normalized spacial score (nSPS) is 35.5. The van der Waals surface area contributed by atoms with Crippen LogP contribution in [0.25, 0.3) is 0 Å². The number of ether oxygens (including phenoxy) is 2. The third-order valence-corrected chi connectivity index (χ3v) is 4.51. The molecular weight excluding hydrogens is 299 g/mol. The van der Waals surface area contributed by atoms with Crippen LogP contribution in [0.1, 0.15) is 25.7 Å². The highest BCUT2D eigenvalue weighted by molar-refractivity contribution is 4.90. The zero-order valence-electron chi connectivity index (χ0n) is 12.8. The van der Waals surface area contributed by atoms with Gasteiger partial charge in [-0.15, -0.1) is 0 Å². The summed E-state index contributed by atoms with van der Waals surface area (Å²) < 4.78 is 46.8. The Morgan fingerprint density at radius 2 is 1.82 bits per heavy atom. The molecule has 4 atom stereocenters. The summed E-state index contributed by atoms with van der Waals surface area (Å²) in [7, 11) is 2.09. The van der Waals surface area contributed by atoms with Crippen molar-refractivity contribution in [2.75, 3.05) is 33.2 Å². The van der Waals surface area contributed by atoms with Gasteiger partial charge in [0.25, 0.3) is 0 Å². The van der Waals surface area contributed by atoms with Crippen LogP contribution in [0.3, 0.4) is 0 Å². The lowest BCUT2D eigenvalue weighted by molar-refractivity contribution is -0.146. The molecule has 0 spiro atoms. The van der Waals surface area contributed by atoms with Crippen molar-refractivity contribution in [1.82, 2.24) is 15.1 Å². The molecule has 22 heavy (non-hydrogen) atoms. The number of halogens is 3. The molecule has 3 saturated heterocycles. The highest BCUT2D eigenvalue weighted by Crippen LogP contribution is 2.36. The van der Waals surface area contributed by atoms with Gasteiger partial charge in [0.05, 0.1) is 0 Å². The van der Waals surface area contributed by atoms with Crippen LogP contribution in [0, 0.1) is 0 Å². The summed E-state index contributed by atoms with van der Waals surface area (Å²) in [5.41, 5.74) is 0. The third kappa shape index (κ3) is 4.11. The SMILES string of the molecule is CN1CCN(CCCCCCNC2OC2C(F)(F)F)C2OC21. The molecule has 8 heteroatoms. The summed E-state index contributed by atoms with van der Waals surface area (Å²) in [5, 5.41) is 2.79. The van der Waals surface area contributed by atoms with Gasteiger partial charge in [-0.2, -0.15) is 13.2 Å². The highest BCUT2D eigenvalue weighted by atomic mass is 19.4. The molecule has 3 rings (SSSR count). The summed E-state index contributed by atoms with van der Waals surface area (Å²) in [4.78, 5) is 4.62. The van der Waals surface area contributed by atoms with Crippen molar-refractivity contribution in [3.63, 3.8) is 0 Å². The predicted octanol–water partition coefficient (Wildman–Crippen LogP) is 1.35.